The van der Waals surface area contributed by atoms with Crippen molar-refractivity contribution in [1.82, 2.24) is 5.32 Å². The zero-order valence-electron chi connectivity index (χ0n) is 26.6. The first-order chi connectivity index (χ1) is 21.6. The number of carbonyl (C=O) groups excluding carboxylic acids is 2. The molecule has 1 rings (SSSR count). The Morgan fingerprint density at radius 3 is 2.04 bits per heavy atom. The summed E-state index contributed by atoms with van der Waals surface area (Å²) >= 11 is 0. The van der Waals surface area contributed by atoms with E-state index in [0.717, 1.165) is 38.5 Å². The van der Waals surface area contributed by atoms with Gasteiger partial charge in [-0.3, -0.25) is 19.2 Å². The summed E-state index contributed by atoms with van der Waals surface area (Å²) in [6.45, 7) is 4.06. The highest BCUT2D eigenvalue weighted by Gasteiger charge is 2.35. The molecule has 0 aliphatic heterocycles. The third-order valence-corrected chi connectivity index (χ3v) is 7.39. The topological polar surface area (TPSA) is 167 Å². The molecule has 0 saturated heterocycles. The Morgan fingerprint density at radius 2 is 1.49 bits per heavy atom. The molecule has 1 aromatic carbocycles. The zero-order chi connectivity index (χ0) is 33.5. The molecule has 1 aromatic rings. The van der Waals surface area contributed by atoms with Crippen LogP contribution in [0.1, 0.15) is 103 Å². The van der Waals surface area contributed by atoms with Gasteiger partial charge in [0.1, 0.15) is 24.2 Å². The van der Waals surface area contributed by atoms with Gasteiger partial charge in [-0.15, -0.1) is 5.92 Å². The van der Waals surface area contributed by atoms with E-state index >= 15 is 0 Å². The molecule has 0 radical (unpaired) electrons. The number of ether oxygens (including phenoxy) is 1. The van der Waals surface area contributed by atoms with E-state index in [2.05, 4.69) is 24.1 Å². The van der Waals surface area contributed by atoms with Crippen LogP contribution in [0.2, 0.25) is 0 Å². The molecule has 45 heavy (non-hydrogen) atoms. The molecule has 1 amide bonds. The van der Waals surface area contributed by atoms with E-state index < -0.39 is 48.1 Å². The Kier molecular flexibility index (Phi) is 20.1. The monoisotopic (exact) mass is 627 g/mol. The molecule has 0 fully saturated rings. The maximum Gasteiger partial charge on any atom is 0.326 e. The number of aliphatic carboxylic acids is 3. The number of hydrogen-bond acceptors (Lipinski definition) is 6. The molecule has 0 aliphatic carbocycles. The van der Waals surface area contributed by atoms with Crippen LogP contribution in [0.15, 0.2) is 36.4 Å². The lowest BCUT2D eigenvalue weighted by Gasteiger charge is -2.22. The number of nitrogens with one attached hydrogen (secondary N) is 1. The molecule has 4 N–H and O–H groups in total. The van der Waals surface area contributed by atoms with Crippen molar-refractivity contribution in [1.29, 1.82) is 0 Å². The number of ketones is 1. The van der Waals surface area contributed by atoms with Gasteiger partial charge in [-0.05, 0) is 50.3 Å². The summed E-state index contributed by atoms with van der Waals surface area (Å²) in [5, 5.41) is 31.2. The number of unbranched alkanes of at least 4 members (excludes halogenated alkanes) is 8. The van der Waals surface area contributed by atoms with Gasteiger partial charge in [0, 0.05) is 19.3 Å². The van der Waals surface area contributed by atoms with Crippen LogP contribution in [0.3, 0.4) is 0 Å². The van der Waals surface area contributed by atoms with Crippen LogP contribution in [-0.4, -0.2) is 57.6 Å². The maximum atomic E-state index is 13.2. The summed E-state index contributed by atoms with van der Waals surface area (Å²) in [4.78, 5) is 60.6. The summed E-state index contributed by atoms with van der Waals surface area (Å²) in [6.07, 6.45) is 12.7. The minimum atomic E-state index is -1.58. The van der Waals surface area contributed by atoms with Crippen LogP contribution in [0.5, 0.6) is 5.75 Å². The normalized spacial score (nSPS) is 12.8. The average molecular weight is 628 g/mol. The molecule has 248 valence electrons. The highest BCUT2D eigenvalue weighted by atomic mass is 16.5. The second-order valence-electron chi connectivity index (χ2n) is 11.1. The molecule has 0 heterocycles. The fraction of sp³-hybridized carbons (Fsp3) is 0.571. The molecule has 0 aliphatic rings. The SMILES string of the molecule is CC#CCOc1ccc(C[C@H](NC(=O)[C@@H](/C=C/CCCCCCC(=O)CCCCCCC)[C@@H](CC(=O)O)C(=O)O)C(=O)O)cc1. The van der Waals surface area contributed by atoms with Crippen LogP contribution >= 0.6 is 0 Å². The summed E-state index contributed by atoms with van der Waals surface area (Å²) < 4.78 is 5.45. The lowest BCUT2D eigenvalue weighted by Crippen LogP contribution is -2.47. The second-order valence-corrected chi connectivity index (χ2v) is 11.1. The van der Waals surface area contributed by atoms with E-state index in [0.29, 0.717) is 36.4 Å². The highest BCUT2D eigenvalue weighted by molar-refractivity contribution is 5.91. The molecule has 0 spiro atoms. The number of allylic oxidation sites excluding steroid dienone is 1. The van der Waals surface area contributed by atoms with Gasteiger partial charge in [0.15, 0.2) is 0 Å². The smallest absolute Gasteiger partial charge is 0.326 e. The zero-order valence-corrected chi connectivity index (χ0v) is 26.6. The molecule has 0 unspecified atom stereocenters. The van der Waals surface area contributed by atoms with Crippen molar-refractivity contribution in [3.05, 3.63) is 42.0 Å². The van der Waals surface area contributed by atoms with Crippen LogP contribution in [0, 0.1) is 23.7 Å². The van der Waals surface area contributed by atoms with Gasteiger partial charge in [-0.2, -0.15) is 0 Å². The Bertz CT molecular complexity index is 1160. The molecular weight excluding hydrogens is 578 g/mol. The first-order valence-corrected chi connectivity index (χ1v) is 15.9. The van der Waals surface area contributed by atoms with Gasteiger partial charge in [-0.25, -0.2) is 4.79 Å². The van der Waals surface area contributed by atoms with Crippen molar-refractivity contribution in [2.45, 2.75) is 110 Å². The second kappa shape index (κ2) is 23.3. The van der Waals surface area contributed by atoms with Crippen molar-refractivity contribution in [3.63, 3.8) is 0 Å². The molecule has 0 saturated carbocycles. The largest absolute Gasteiger partial charge is 0.481 e. The fourth-order valence-electron chi connectivity index (χ4n) is 4.81. The number of amides is 1. The third kappa shape index (κ3) is 17.7. The summed E-state index contributed by atoms with van der Waals surface area (Å²) in [5.74, 6) is -1.68. The Balaban J connectivity index is 2.74. The number of carboxylic acids is 3. The Morgan fingerprint density at radius 1 is 0.867 bits per heavy atom. The van der Waals surface area contributed by atoms with Crippen LogP contribution in [-0.2, 0) is 30.4 Å². The van der Waals surface area contributed by atoms with E-state index in [1.54, 1.807) is 37.3 Å². The van der Waals surface area contributed by atoms with Crippen molar-refractivity contribution in [3.8, 4) is 17.6 Å². The molecule has 0 bridgehead atoms. The lowest BCUT2D eigenvalue weighted by molar-refractivity contribution is -0.152. The van der Waals surface area contributed by atoms with E-state index in [1.165, 1.54) is 25.3 Å². The molecule has 0 aromatic heterocycles. The molecule has 10 heteroatoms. The first kappa shape index (κ1) is 38.9. The minimum Gasteiger partial charge on any atom is -0.481 e. The summed E-state index contributed by atoms with van der Waals surface area (Å²) in [7, 11) is 0. The van der Waals surface area contributed by atoms with E-state index in [4.69, 9.17) is 4.74 Å². The number of carbonyl (C=O) groups is 5. The molecular formula is C35H49NO9. The van der Waals surface area contributed by atoms with E-state index in [1.807, 2.05) is 0 Å². The van der Waals surface area contributed by atoms with Crippen LogP contribution in [0.4, 0.5) is 0 Å². The first-order valence-electron chi connectivity index (χ1n) is 15.9. The standard InChI is InChI=1S/C35H49NO9/c1-3-5-7-10-13-16-27(37)17-14-11-8-9-12-15-18-29(30(34(41)42)25-32(38)39)33(40)36-31(35(43)44)24-26-19-21-28(22-20-26)45-23-6-4-2/h15,18-22,29-31H,3,5,7-14,16-17,23-25H2,1-2H3,(H,36,40)(H,38,39)(H,41,42)(H,43,44)/b18-15+/t29-,30+,31-/m0/s1. The number of rotatable bonds is 25. The van der Waals surface area contributed by atoms with Gasteiger partial charge in [0.2, 0.25) is 5.91 Å². The minimum absolute atomic E-state index is 0.0788. The highest BCUT2D eigenvalue weighted by Crippen LogP contribution is 2.21. The third-order valence-electron chi connectivity index (χ3n) is 7.39. The van der Waals surface area contributed by atoms with E-state index in [-0.39, 0.29) is 13.0 Å². The van der Waals surface area contributed by atoms with Gasteiger partial charge in [0.05, 0.1) is 18.3 Å². The van der Waals surface area contributed by atoms with Gasteiger partial charge in [-0.1, -0.05) is 75.7 Å². The maximum absolute atomic E-state index is 13.2. The fourth-order valence-corrected chi connectivity index (χ4v) is 4.81. The van der Waals surface area contributed by atoms with Crippen LogP contribution in [0.25, 0.3) is 0 Å². The summed E-state index contributed by atoms with van der Waals surface area (Å²) in [5.41, 5.74) is 0.595. The molecule has 3 atom stereocenters. The average Bonchev–Trinajstić information content (AvgIpc) is 2.99. The number of hydrogen-bond donors (Lipinski definition) is 4. The quantitative estimate of drug-likeness (QED) is 0.0593. The Hall–Kier alpha value is -4.13. The summed E-state index contributed by atoms with van der Waals surface area (Å²) in [6, 6.07) is 5.25. The van der Waals surface area contributed by atoms with E-state index in [9.17, 15) is 39.3 Å². The van der Waals surface area contributed by atoms with Crippen LogP contribution < -0.4 is 10.1 Å². The predicted molar refractivity (Wildman–Crippen MR) is 171 cm³/mol. The van der Waals surface area contributed by atoms with Crippen molar-refractivity contribution in [2.75, 3.05) is 6.61 Å². The van der Waals surface area contributed by atoms with Gasteiger partial charge >= 0.3 is 17.9 Å². The van der Waals surface area contributed by atoms with Crippen molar-refractivity contribution >= 4 is 29.6 Å². The predicted octanol–water partition coefficient (Wildman–Crippen LogP) is 5.82. The number of Topliss-reactive ketones (excluding diaryl/α,β-unsaturated/α-hetero) is 1. The number of carboxylic acid groups (broad SMARTS) is 3. The lowest BCUT2D eigenvalue weighted by atomic mass is 9.87. The molecule has 10 nitrogen and oxygen atoms in total. The van der Waals surface area contributed by atoms with Gasteiger partial charge < -0.3 is 25.4 Å². The van der Waals surface area contributed by atoms with Crippen molar-refractivity contribution in [2.24, 2.45) is 11.8 Å². The van der Waals surface area contributed by atoms with Gasteiger partial charge in [0.25, 0.3) is 0 Å². The Labute approximate surface area is 266 Å². The van der Waals surface area contributed by atoms with Crippen molar-refractivity contribution < 1.29 is 44.0 Å². The number of benzene rings is 1.